The summed E-state index contributed by atoms with van der Waals surface area (Å²) in [5.41, 5.74) is 1.25. The van der Waals surface area contributed by atoms with Gasteiger partial charge in [0.1, 0.15) is 0 Å². The topological polar surface area (TPSA) is 15.3 Å². The van der Waals surface area contributed by atoms with Gasteiger partial charge in [0.25, 0.3) is 0 Å². The Bertz CT molecular complexity index is 269. The predicted octanol–water partition coefficient (Wildman–Crippen LogP) is 2.34. The second kappa shape index (κ2) is 5.35. The van der Waals surface area contributed by atoms with E-state index in [0.29, 0.717) is 6.17 Å². The van der Waals surface area contributed by atoms with E-state index < -0.39 is 0 Å². The maximum atomic E-state index is 5.80. The van der Waals surface area contributed by atoms with E-state index in [1.807, 2.05) is 24.3 Å². The first-order valence-corrected chi connectivity index (χ1v) is 5.11. The summed E-state index contributed by atoms with van der Waals surface area (Å²) < 4.78 is 0. The molecule has 1 rings (SSSR count). The molecule has 1 atom stereocenters. The predicted molar refractivity (Wildman–Crippen MR) is 61.4 cm³/mol. The van der Waals surface area contributed by atoms with Crippen molar-refractivity contribution in [2.75, 3.05) is 14.1 Å². The normalized spacial score (nSPS) is 13.2. The van der Waals surface area contributed by atoms with E-state index in [0.717, 1.165) is 11.6 Å². The first kappa shape index (κ1) is 11.5. The van der Waals surface area contributed by atoms with E-state index in [-0.39, 0.29) is 0 Å². The summed E-state index contributed by atoms with van der Waals surface area (Å²) in [6.45, 7) is 3.01. The van der Waals surface area contributed by atoms with Gasteiger partial charge in [0.05, 0.1) is 6.17 Å². The Hall–Kier alpha value is -0.570. The van der Waals surface area contributed by atoms with Crippen LogP contribution in [-0.2, 0) is 6.54 Å². The molecule has 0 fully saturated rings. The van der Waals surface area contributed by atoms with Crippen LogP contribution in [0.25, 0.3) is 0 Å². The quantitative estimate of drug-likeness (QED) is 0.771. The Morgan fingerprint density at radius 1 is 1.29 bits per heavy atom. The molecule has 0 aromatic heterocycles. The summed E-state index contributed by atoms with van der Waals surface area (Å²) in [5.74, 6) is 0. The van der Waals surface area contributed by atoms with Gasteiger partial charge in [0.15, 0.2) is 0 Å². The number of halogens is 1. The van der Waals surface area contributed by atoms with Crippen LogP contribution in [0.3, 0.4) is 0 Å². The fourth-order valence-electron chi connectivity index (χ4n) is 1.05. The first-order chi connectivity index (χ1) is 6.59. The van der Waals surface area contributed by atoms with E-state index in [1.165, 1.54) is 5.56 Å². The fourth-order valence-corrected chi connectivity index (χ4v) is 1.18. The third-order valence-corrected chi connectivity index (χ3v) is 2.54. The molecule has 0 saturated heterocycles. The van der Waals surface area contributed by atoms with Crippen molar-refractivity contribution < 1.29 is 0 Å². The van der Waals surface area contributed by atoms with Crippen molar-refractivity contribution in [2.24, 2.45) is 0 Å². The van der Waals surface area contributed by atoms with Gasteiger partial charge in [-0.3, -0.25) is 10.2 Å². The number of nitrogens with one attached hydrogen (secondary N) is 1. The second-order valence-corrected chi connectivity index (χ2v) is 4.08. The average Bonchev–Trinajstić information content (AvgIpc) is 2.16. The summed E-state index contributed by atoms with van der Waals surface area (Å²) in [7, 11) is 4.11. The summed E-state index contributed by atoms with van der Waals surface area (Å²) >= 11 is 5.80. The van der Waals surface area contributed by atoms with Crippen LogP contribution in [0, 0.1) is 0 Å². The molecular formula is C11H17ClN2. The molecule has 0 bridgehead atoms. The van der Waals surface area contributed by atoms with Gasteiger partial charge < -0.3 is 0 Å². The molecule has 0 heterocycles. The van der Waals surface area contributed by atoms with Gasteiger partial charge in [0.2, 0.25) is 0 Å². The Morgan fingerprint density at radius 3 is 2.36 bits per heavy atom. The molecule has 0 aliphatic rings. The standard InChI is InChI=1S/C11H17ClN2/c1-9(14(2)3)13-8-10-4-6-11(12)7-5-10/h4-7,9,13H,8H2,1-3H3. The van der Waals surface area contributed by atoms with Crippen LogP contribution in [0.1, 0.15) is 12.5 Å². The minimum Gasteiger partial charge on any atom is -0.298 e. The number of hydrogen-bond acceptors (Lipinski definition) is 2. The largest absolute Gasteiger partial charge is 0.298 e. The van der Waals surface area contributed by atoms with Crippen LogP contribution in [0.2, 0.25) is 5.02 Å². The van der Waals surface area contributed by atoms with Crippen molar-refractivity contribution in [3.8, 4) is 0 Å². The molecule has 1 aromatic carbocycles. The average molecular weight is 213 g/mol. The lowest BCUT2D eigenvalue weighted by molar-refractivity contribution is 0.264. The fraction of sp³-hybridized carbons (Fsp3) is 0.455. The molecule has 0 aliphatic heterocycles. The van der Waals surface area contributed by atoms with Crippen LogP contribution in [0.15, 0.2) is 24.3 Å². The van der Waals surface area contributed by atoms with Gasteiger partial charge in [-0.2, -0.15) is 0 Å². The number of nitrogens with zero attached hydrogens (tertiary/aromatic N) is 1. The highest BCUT2D eigenvalue weighted by molar-refractivity contribution is 6.30. The van der Waals surface area contributed by atoms with E-state index in [4.69, 9.17) is 11.6 Å². The zero-order chi connectivity index (χ0) is 10.6. The van der Waals surface area contributed by atoms with Gasteiger partial charge in [-0.15, -0.1) is 0 Å². The minimum atomic E-state index is 0.380. The molecule has 1 aromatic rings. The van der Waals surface area contributed by atoms with E-state index in [1.54, 1.807) is 0 Å². The summed E-state index contributed by atoms with van der Waals surface area (Å²) in [6.07, 6.45) is 0.380. The molecule has 2 nitrogen and oxygen atoms in total. The summed E-state index contributed by atoms with van der Waals surface area (Å²) in [5, 5.41) is 4.19. The smallest absolute Gasteiger partial charge is 0.0565 e. The van der Waals surface area contributed by atoms with Crippen LogP contribution in [0.4, 0.5) is 0 Å². The lowest BCUT2D eigenvalue weighted by Gasteiger charge is -2.21. The van der Waals surface area contributed by atoms with Gasteiger partial charge in [0, 0.05) is 11.6 Å². The molecule has 0 spiro atoms. The van der Waals surface area contributed by atoms with Gasteiger partial charge in [-0.1, -0.05) is 23.7 Å². The second-order valence-electron chi connectivity index (χ2n) is 3.65. The molecule has 14 heavy (non-hydrogen) atoms. The molecule has 0 amide bonds. The maximum absolute atomic E-state index is 5.80. The summed E-state index contributed by atoms with van der Waals surface area (Å²) in [6, 6.07) is 7.91. The van der Waals surface area contributed by atoms with Crippen LogP contribution >= 0.6 is 11.6 Å². The third-order valence-electron chi connectivity index (χ3n) is 2.29. The number of hydrogen-bond donors (Lipinski definition) is 1. The maximum Gasteiger partial charge on any atom is 0.0565 e. The van der Waals surface area contributed by atoms with Crippen molar-refractivity contribution in [3.05, 3.63) is 34.9 Å². The molecule has 0 saturated carbocycles. The van der Waals surface area contributed by atoms with E-state index in [2.05, 4.69) is 31.2 Å². The SMILES string of the molecule is CC(NCc1ccc(Cl)cc1)N(C)C. The number of rotatable bonds is 4. The Balaban J connectivity index is 2.42. The highest BCUT2D eigenvalue weighted by Gasteiger charge is 2.02. The Labute approximate surface area is 90.9 Å². The summed E-state index contributed by atoms with van der Waals surface area (Å²) in [4.78, 5) is 2.13. The Morgan fingerprint density at radius 2 is 1.86 bits per heavy atom. The van der Waals surface area contributed by atoms with Crippen LogP contribution in [0.5, 0.6) is 0 Å². The lowest BCUT2D eigenvalue weighted by atomic mass is 10.2. The van der Waals surface area contributed by atoms with Crippen LogP contribution < -0.4 is 5.32 Å². The van der Waals surface area contributed by atoms with E-state index in [9.17, 15) is 0 Å². The molecule has 3 heteroatoms. The third kappa shape index (κ3) is 3.66. The molecular weight excluding hydrogens is 196 g/mol. The highest BCUT2D eigenvalue weighted by atomic mass is 35.5. The Kier molecular flexibility index (Phi) is 4.39. The van der Waals surface area contributed by atoms with E-state index >= 15 is 0 Å². The van der Waals surface area contributed by atoms with Crippen LogP contribution in [-0.4, -0.2) is 25.2 Å². The van der Waals surface area contributed by atoms with Crippen molar-refractivity contribution in [3.63, 3.8) is 0 Å². The van der Waals surface area contributed by atoms with Crippen molar-refractivity contribution in [1.82, 2.24) is 10.2 Å². The number of benzene rings is 1. The molecule has 1 unspecified atom stereocenters. The minimum absolute atomic E-state index is 0.380. The van der Waals surface area contributed by atoms with Crippen molar-refractivity contribution in [2.45, 2.75) is 19.6 Å². The van der Waals surface area contributed by atoms with Gasteiger partial charge >= 0.3 is 0 Å². The molecule has 78 valence electrons. The van der Waals surface area contributed by atoms with Crippen molar-refractivity contribution >= 4 is 11.6 Å². The monoisotopic (exact) mass is 212 g/mol. The lowest BCUT2D eigenvalue weighted by Crippen LogP contribution is -2.38. The molecule has 0 radical (unpaired) electrons. The molecule has 1 N–H and O–H groups in total. The highest BCUT2D eigenvalue weighted by Crippen LogP contribution is 2.09. The van der Waals surface area contributed by atoms with Crippen molar-refractivity contribution in [1.29, 1.82) is 0 Å². The van der Waals surface area contributed by atoms with Gasteiger partial charge in [-0.25, -0.2) is 0 Å². The zero-order valence-corrected chi connectivity index (χ0v) is 9.67. The zero-order valence-electron chi connectivity index (χ0n) is 8.92. The first-order valence-electron chi connectivity index (χ1n) is 4.74. The molecule has 0 aliphatic carbocycles. The van der Waals surface area contributed by atoms with Gasteiger partial charge in [-0.05, 0) is 38.7 Å².